The van der Waals surface area contributed by atoms with Gasteiger partial charge in [-0.1, -0.05) is 19.1 Å². The summed E-state index contributed by atoms with van der Waals surface area (Å²) >= 11 is 3.60. The van der Waals surface area contributed by atoms with E-state index in [4.69, 9.17) is 0 Å². The van der Waals surface area contributed by atoms with Gasteiger partial charge in [0.05, 0.1) is 16.2 Å². The number of aryl methyl sites for hydroxylation is 2. The number of hydrogen-bond acceptors (Lipinski definition) is 2. The molecule has 20 heavy (non-hydrogen) atoms. The first-order valence-electron chi connectivity index (χ1n) is 6.88. The zero-order chi connectivity index (χ0) is 14.3. The van der Waals surface area contributed by atoms with Gasteiger partial charge in [0.25, 0.3) is 0 Å². The fourth-order valence-corrected chi connectivity index (χ4v) is 3.33. The number of halogens is 2. The largest absolute Gasteiger partial charge is 0.369 e. The Balaban J connectivity index is 2.07. The van der Waals surface area contributed by atoms with E-state index in [1.54, 1.807) is 13.0 Å². The molecule has 2 heterocycles. The van der Waals surface area contributed by atoms with Crippen molar-refractivity contribution in [3.8, 4) is 0 Å². The number of hydrogen-bond donors (Lipinski definition) is 1. The van der Waals surface area contributed by atoms with Crippen LogP contribution in [0.1, 0.15) is 36.2 Å². The van der Waals surface area contributed by atoms with Crippen molar-refractivity contribution in [3.05, 3.63) is 45.3 Å². The van der Waals surface area contributed by atoms with Crippen molar-refractivity contribution in [2.24, 2.45) is 0 Å². The lowest BCUT2D eigenvalue weighted by Crippen LogP contribution is -2.24. The van der Waals surface area contributed by atoms with Crippen molar-refractivity contribution in [1.29, 1.82) is 0 Å². The number of nitrogens with one attached hydrogen (secondary N) is 1. The number of anilines is 1. The SMILES string of the molecule is CCc1nn2c(c1Br)NCCC2c1ccc(C)c(F)c1. The molecule has 2 aromatic rings. The standard InChI is InChI=1S/C15H17BrFN3/c1-3-12-14(16)15-18-7-6-13(20(15)19-12)10-5-4-9(2)11(17)8-10/h4-5,8,13,18H,3,6-7H2,1-2H3. The van der Waals surface area contributed by atoms with E-state index in [1.165, 1.54) is 0 Å². The smallest absolute Gasteiger partial charge is 0.139 e. The monoisotopic (exact) mass is 337 g/mol. The van der Waals surface area contributed by atoms with Crippen LogP contribution in [0, 0.1) is 12.7 Å². The third-order valence-corrected chi connectivity index (χ3v) is 4.67. The average molecular weight is 338 g/mol. The van der Waals surface area contributed by atoms with Crippen LogP contribution >= 0.6 is 15.9 Å². The van der Waals surface area contributed by atoms with Gasteiger partial charge < -0.3 is 5.32 Å². The van der Waals surface area contributed by atoms with Crippen LogP contribution in [0.15, 0.2) is 22.7 Å². The average Bonchev–Trinajstić information content (AvgIpc) is 2.79. The van der Waals surface area contributed by atoms with Crippen molar-refractivity contribution >= 4 is 21.7 Å². The molecule has 5 heteroatoms. The van der Waals surface area contributed by atoms with Crippen LogP contribution in [0.2, 0.25) is 0 Å². The lowest BCUT2D eigenvalue weighted by Gasteiger charge is -2.26. The molecule has 0 bridgehead atoms. The Kier molecular flexibility index (Phi) is 3.54. The van der Waals surface area contributed by atoms with Gasteiger partial charge in [-0.15, -0.1) is 0 Å². The van der Waals surface area contributed by atoms with Crippen molar-refractivity contribution in [1.82, 2.24) is 9.78 Å². The summed E-state index contributed by atoms with van der Waals surface area (Å²) in [6, 6.07) is 5.57. The molecule has 1 aliphatic heterocycles. The molecule has 0 fully saturated rings. The summed E-state index contributed by atoms with van der Waals surface area (Å²) in [4.78, 5) is 0. The van der Waals surface area contributed by atoms with Crippen LogP contribution in [0.3, 0.4) is 0 Å². The van der Waals surface area contributed by atoms with Gasteiger partial charge in [0.15, 0.2) is 0 Å². The third-order valence-electron chi connectivity index (χ3n) is 3.84. The van der Waals surface area contributed by atoms with Crippen LogP contribution < -0.4 is 5.32 Å². The highest BCUT2D eigenvalue weighted by Crippen LogP contribution is 2.36. The number of fused-ring (bicyclic) bond motifs is 1. The van der Waals surface area contributed by atoms with E-state index in [-0.39, 0.29) is 11.9 Å². The summed E-state index contributed by atoms with van der Waals surface area (Å²) < 4.78 is 16.8. The van der Waals surface area contributed by atoms with E-state index in [0.717, 1.165) is 40.9 Å². The molecule has 3 nitrogen and oxygen atoms in total. The van der Waals surface area contributed by atoms with Gasteiger partial charge in [-0.3, -0.25) is 0 Å². The van der Waals surface area contributed by atoms with E-state index < -0.39 is 0 Å². The molecular formula is C15H17BrFN3. The maximum absolute atomic E-state index is 13.8. The molecule has 106 valence electrons. The molecule has 0 aliphatic carbocycles. The maximum Gasteiger partial charge on any atom is 0.139 e. The fourth-order valence-electron chi connectivity index (χ4n) is 2.65. The van der Waals surface area contributed by atoms with Crippen molar-refractivity contribution in [2.45, 2.75) is 32.7 Å². The van der Waals surface area contributed by atoms with Crippen molar-refractivity contribution in [2.75, 3.05) is 11.9 Å². The van der Waals surface area contributed by atoms with Crippen molar-refractivity contribution in [3.63, 3.8) is 0 Å². The first-order valence-corrected chi connectivity index (χ1v) is 7.68. The summed E-state index contributed by atoms with van der Waals surface area (Å²) in [6.45, 7) is 4.74. The molecule has 0 spiro atoms. The minimum absolute atomic E-state index is 0.0953. The van der Waals surface area contributed by atoms with Crippen LogP contribution in [0.5, 0.6) is 0 Å². The second-order valence-corrected chi connectivity index (χ2v) is 5.94. The molecule has 0 radical (unpaired) electrons. The molecule has 1 aromatic heterocycles. The normalized spacial score (nSPS) is 17.7. The third kappa shape index (κ3) is 2.14. The first-order chi connectivity index (χ1) is 9.61. The van der Waals surface area contributed by atoms with E-state index in [1.807, 2.05) is 16.8 Å². The predicted molar refractivity (Wildman–Crippen MR) is 81.7 cm³/mol. The summed E-state index contributed by atoms with van der Waals surface area (Å²) in [6.07, 6.45) is 1.78. The number of benzene rings is 1. The molecule has 1 aromatic carbocycles. The molecule has 3 rings (SSSR count). The minimum Gasteiger partial charge on any atom is -0.369 e. The zero-order valence-electron chi connectivity index (χ0n) is 11.6. The quantitative estimate of drug-likeness (QED) is 0.895. The van der Waals surface area contributed by atoms with Gasteiger partial charge in [-0.2, -0.15) is 5.10 Å². The van der Waals surface area contributed by atoms with Gasteiger partial charge >= 0.3 is 0 Å². The summed E-state index contributed by atoms with van der Waals surface area (Å²) in [5.41, 5.74) is 2.69. The molecule has 0 saturated heterocycles. The zero-order valence-corrected chi connectivity index (χ0v) is 13.2. The van der Waals surface area contributed by atoms with Gasteiger partial charge in [-0.05, 0) is 52.9 Å². The summed E-state index contributed by atoms with van der Waals surface area (Å²) in [7, 11) is 0. The fraction of sp³-hybridized carbons (Fsp3) is 0.400. The second-order valence-electron chi connectivity index (χ2n) is 5.15. The number of aromatic nitrogens is 2. The van der Waals surface area contributed by atoms with Crippen LogP contribution in [0.25, 0.3) is 0 Å². The lowest BCUT2D eigenvalue weighted by molar-refractivity contribution is 0.475. The second kappa shape index (κ2) is 5.20. The molecule has 1 N–H and O–H groups in total. The maximum atomic E-state index is 13.8. The Morgan fingerprint density at radius 1 is 1.50 bits per heavy atom. The lowest BCUT2D eigenvalue weighted by atomic mass is 10.0. The van der Waals surface area contributed by atoms with Crippen LogP contribution in [-0.4, -0.2) is 16.3 Å². The molecule has 0 amide bonds. The Labute approximate surface area is 126 Å². The summed E-state index contributed by atoms with van der Waals surface area (Å²) in [5, 5.41) is 8.03. The Hall–Kier alpha value is -1.36. The van der Waals surface area contributed by atoms with Crippen LogP contribution in [0.4, 0.5) is 10.2 Å². The van der Waals surface area contributed by atoms with Gasteiger partial charge in [0.2, 0.25) is 0 Å². The number of nitrogens with zero attached hydrogens (tertiary/aromatic N) is 2. The highest BCUT2D eigenvalue weighted by Gasteiger charge is 2.26. The molecular weight excluding hydrogens is 321 g/mol. The highest BCUT2D eigenvalue weighted by molar-refractivity contribution is 9.10. The van der Waals surface area contributed by atoms with Crippen LogP contribution in [-0.2, 0) is 6.42 Å². The Morgan fingerprint density at radius 3 is 3.00 bits per heavy atom. The van der Waals surface area contributed by atoms with Gasteiger partial charge in [0.1, 0.15) is 11.6 Å². The van der Waals surface area contributed by atoms with Crippen molar-refractivity contribution < 1.29 is 4.39 Å². The van der Waals surface area contributed by atoms with E-state index >= 15 is 0 Å². The Morgan fingerprint density at radius 2 is 2.30 bits per heavy atom. The van der Waals surface area contributed by atoms with E-state index in [9.17, 15) is 4.39 Å². The minimum atomic E-state index is -0.149. The van der Waals surface area contributed by atoms with E-state index in [2.05, 4.69) is 33.3 Å². The number of rotatable bonds is 2. The first kappa shape index (κ1) is 13.6. The molecule has 1 aliphatic rings. The van der Waals surface area contributed by atoms with Gasteiger partial charge in [0, 0.05) is 6.54 Å². The molecule has 1 unspecified atom stereocenters. The summed E-state index contributed by atoms with van der Waals surface area (Å²) in [5.74, 6) is 0.851. The Bertz CT molecular complexity index is 651. The predicted octanol–water partition coefficient (Wildman–Crippen LogP) is 4.06. The molecule has 1 atom stereocenters. The van der Waals surface area contributed by atoms with E-state index in [0.29, 0.717) is 5.56 Å². The topological polar surface area (TPSA) is 29.9 Å². The van der Waals surface area contributed by atoms with Gasteiger partial charge in [-0.25, -0.2) is 9.07 Å². The molecule has 0 saturated carbocycles. The highest BCUT2D eigenvalue weighted by atomic mass is 79.9.